The van der Waals surface area contributed by atoms with Crippen LogP contribution in [0.2, 0.25) is 0 Å². The monoisotopic (exact) mass is 301 g/mol. The molecule has 0 saturated heterocycles. The van der Waals surface area contributed by atoms with Gasteiger partial charge in [-0.2, -0.15) is 13.2 Å². The Hall–Kier alpha value is -2.31. The summed E-state index contributed by atoms with van der Waals surface area (Å²) in [6.07, 6.45) is -1.84. The first-order valence-electron chi connectivity index (χ1n) is 5.92. The summed E-state index contributed by atoms with van der Waals surface area (Å²) < 4.78 is 56.3. The fourth-order valence-corrected chi connectivity index (χ4v) is 1.80. The number of hydrogen-bond acceptors (Lipinski definition) is 2. The van der Waals surface area contributed by atoms with Crippen LogP contribution in [0.5, 0.6) is 0 Å². The number of amides is 1. The first-order valence-corrected chi connectivity index (χ1v) is 5.92. The van der Waals surface area contributed by atoms with Crippen LogP contribution in [0.3, 0.4) is 0 Å². The summed E-state index contributed by atoms with van der Waals surface area (Å²) in [6.45, 7) is 0.102. The summed E-state index contributed by atoms with van der Waals surface area (Å²) in [5.74, 6) is -1.83. The molecule has 3 nitrogen and oxygen atoms in total. The highest BCUT2D eigenvalue weighted by Gasteiger charge is 2.32. The fraction of sp³-hybridized carbons (Fsp3) is 0.214. The molecule has 112 valence electrons. The van der Waals surface area contributed by atoms with Gasteiger partial charge in [-0.25, -0.2) is 4.39 Å². The molecular weight excluding hydrogens is 290 g/mol. The van der Waals surface area contributed by atoms with E-state index in [1.165, 1.54) is 19.6 Å². The molecule has 0 aliphatic rings. The van der Waals surface area contributed by atoms with E-state index >= 15 is 0 Å². The van der Waals surface area contributed by atoms with Crippen molar-refractivity contribution in [1.29, 1.82) is 0 Å². The van der Waals surface area contributed by atoms with Gasteiger partial charge in [0, 0.05) is 19.2 Å². The van der Waals surface area contributed by atoms with Crippen LogP contribution in [-0.4, -0.2) is 17.9 Å². The molecule has 0 unspecified atom stereocenters. The van der Waals surface area contributed by atoms with E-state index in [2.05, 4.69) is 0 Å². The van der Waals surface area contributed by atoms with E-state index in [9.17, 15) is 22.4 Å². The second-order valence-electron chi connectivity index (χ2n) is 4.49. The van der Waals surface area contributed by atoms with Gasteiger partial charge >= 0.3 is 6.18 Å². The quantitative estimate of drug-likeness (QED) is 0.810. The number of carbonyl (C=O) groups excluding carboxylic acids is 1. The van der Waals surface area contributed by atoms with Crippen LogP contribution >= 0.6 is 0 Å². The molecule has 0 radical (unpaired) electrons. The van der Waals surface area contributed by atoms with Crippen molar-refractivity contribution in [3.63, 3.8) is 0 Å². The Labute approximate surface area is 117 Å². The Morgan fingerprint density at radius 1 is 1.29 bits per heavy atom. The van der Waals surface area contributed by atoms with Crippen LogP contribution in [-0.2, 0) is 12.7 Å². The zero-order chi connectivity index (χ0) is 15.6. The van der Waals surface area contributed by atoms with Crippen LogP contribution < -0.4 is 0 Å². The summed E-state index contributed by atoms with van der Waals surface area (Å²) in [6, 6.07) is 3.36. The third-order valence-electron chi connectivity index (χ3n) is 2.87. The molecule has 7 heteroatoms. The number of benzene rings is 1. The van der Waals surface area contributed by atoms with E-state index < -0.39 is 29.0 Å². The maximum absolute atomic E-state index is 13.6. The number of carbonyl (C=O) groups is 1. The molecule has 0 N–H and O–H groups in total. The van der Waals surface area contributed by atoms with E-state index in [0.29, 0.717) is 23.8 Å². The molecule has 0 aliphatic heterocycles. The number of nitrogens with zero attached hydrogens (tertiary/aromatic N) is 1. The lowest BCUT2D eigenvalue weighted by atomic mass is 10.1. The van der Waals surface area contributed by atoms with Gasteiger partial charge in [-0.05, 0) is 24.3 Å². The first-order chi connectivity index (χ1) is 9.79. The molecule has 21 heavy (non-hydrogen) atoms. The molecule has 1 aromatic carbocycles. The maximum Gasteiger partial charge on any atom is 0.416 e. The van der Waals surface area contributed by atoms with Crippen molar-refractivity contribution >= 4 is 5.91 Å². The average Bonchev–Trinajstić information content (AvgIpc) is 2.90. The highest BCUT2D eigenvalue weighted by molar-refractivity contribution is 5.94. The molecule has 1 amide bonds. The topological polar surface area (TPSA) is 33.5 Å². The standard InChI is InChI=1S/C14H11F4NO2/c1-19(7-9-4-5-21-8-9)13(20)11-6-10(14(16,17)18)2-3-12(11)15/h2-6,8H,7H2,1H3. The maximum atomic E-state index is 13.6. The lowest BCUT2D eigenvalue weighted by Crippen LogP contribution is -2.27. The van der Waals surface area contributed by atoms with Crippen molar-refractivity contribution in [2.75, 3.05) is 7.05 Å². The summed E-state index contributed by atoms with van der Waals surface area (Å²) in [5.41, 5.74) is -1.03. The minimum absolute atomic E-state index is 0.102. The van der Waals surface area contributed by atoms with Gasteiger partial charge in [0.25, 0.3) is 5.91 Å². The summed E-state index contributed by atoms with van der Waals surface area (Å²) in [4.78, 5) is 13.2. The molecule has 2 aromatic rings. The Kier molecular flexibility index (Phi) is 4.02. The van der Waals surface area contributed by atoms with Crippen molar-refractivity contribution < 1.29 is 26.8 Å². The Morgan fingerprint density at radius 3 is 2.57 bits per heavy atom. The van der Waals surface area contributed by atoms with E-state index in [-0.39, 0.29) is 6.54 Å². The Balaban J connectivity index is 2.26. The van der Waals surface area contributed by atoms with Crippen molar-refractivity contribution in [3.8, 4) is 0 Å². The highest BCUT2D eigenvalue weighted by Crippen LogP contribution is 2.30. The lowest BCUT2D eigenvalue weighted by Gasteiger charge is -2.17. The number of halogens is 4. The predicted molar refractivity (Wildman–Crippen MR) is 65.9 cm³/mol. The summed E-state index contributed by atoms with van der Waals surface area (Å²) in [7, 11) is 1.37. The normalized spacial score (nSPS) is 11.5. The second kappa shape index (κ2) is 5.59. The molecule has 0 spiro atoms. The van der Waals surface area contributed by atoms with Gasteiger partial charge in [-0.1, -0.05) is 0 Å². The predicted octanol–water partition coefficient (Wildman–Crippen LogP) is 3.71. The van der Waals surface area contributed by atoms with Crippen LogP contribution in [0.15, 0.2) is 41.2 Å². The van der Waals surface area contributed by atoms with E-state index in [1.54, 1.807) is 6.07 Å². The number of hydrogen-bond donors (Lipinski definition) is 0. The second-order valence-corrected chi connectivity index (χ2v) is 4.49. The van der Waals surface area contributed by atoms with Gasteiger partial charge in [-0.15, -0.1) is 0 Å². The summed E-state index contributed by atoms with van der Waals surface area (Å²) >= 11 is 0. The zero-order valence-corrected chi connectivity index (χ0v) is 10.9. The van der Waals surface area contributed by atoms with Gasteiger partial charge in [-0.3, -0.25) is 4.79 Å². The minimum atomic E-state index is -4.63. The molecule has 1 heterocycles. The number of alkyl halides is 3. The summed E-state index contributed by atoms with van der Waals surface area (Å²) in [5, 5.41) is 0. The zero-order valence-electron chi connectivity index (χ0n) is 10.9. The van der Waals surface area contributed by atoms with Crippen molar-refractivity contribution in [3.05, 3.63) is 59.3 Å². The average molecular weight is 301 g/mol. The molecular formula is C14H11F4NO2. The van der Waals surface area contributed by atoms with Gasteiger partial charge in [0.2, 0.25) is 0 Å². The van der Waals surface area contributed by atoms with E-state index in [0.717, 1.165) is 4.90 Å². The van der Waals surface area contributed by atoms with Gasteiger partial charge < -0.3 is 9.32 Å². The van der Waals surface area contributed by atoms with Crippen LogP contribution in [0.25, 0.3) is 0 Å². The van der Waals surface area contributed by atoms with Crippen LogP contribution in [0.1, 0.15) is 21.5 Å². The third kappa shape index (κ3) is 3.42. The highest BCUT2D eigenvalue weighted by atomic mass is 19.4. The first kappa shape index (κ1) is 15.1. The molecule has 2 rings (SSSR count). The van der Waals surface area contributed by atoms with Crippen LogP contribution in [0, 0.1) is 5.82 Å². The molecule has 0 atom stereocenters. The van der Waals surface area contributed by atoms with Gasteiger partial charge in [0.05, 0.1) is 23.7 Å². The largest absolute Gasteiger partial charge is 0.472 e. The molecule has 0 fully saturated rings. The van der Waals surface area contributed by atoms with Gasteiger partial charge in [0.15, 0.2) is 0 Å². The van der Waals surface area contributed by atoms with Crippen LogP contribution in [0.4, 0.5) is 17.6 Å². The third-order valence-corrected chi connectivity index (χ3v) is 2.87. The lowest BCUT2D eigenvalue weighted by molar-refractivity contribution is -0.137. The molecule has 0 bridgehead atoms. The Morgan fingerprint density at radius 2 is 2.00 bits per heavy atom. The smallest absolute Gasteiger partial charge is 0.416 e. The SMILES string of the molecule is CN(Cc1ccoc1)C(=O)c1cc(C(F)(F)F)ccc1F. The molecule has 0 saturated carbocycles. The van der Waals surface area contributed by atoms with E-state index in [1.807, 2.05) is 0 Å². The minimum Gasteiger partial charge on any atom is -0.472 e. The fourth-order valence-electron chi connectivity index (χ4n) is 1.80. The van der Waals surface area contributed by atoms with E-state index in [4.69, 9.17) is 4.42 Å². The molecule has 0 aliphatic carbocycles. The van der Waals surface area contributed by atoms with Gasteiger partial charge in [0.1, 0.15) is 5.82 Å². The molecule has 1 aromatic heterocycles. The Bertz CT molecular complexity index is 635. The number of rotatable bonds is 3. The van der Waals surface area contributed by atoms with Crippen molar-refractivity contribution in [2.45, 2.75) is 12.7 Å². The number of furan rings is 1. The van der Waals surface area contributed by atoms with Crippen molar-refractivity contribution in [1.82, 2.24) is 4.90 Å². The van der Waals surface area contributed by atoms with Crippen molar-refractivity contribution in [2.24, 2.45) is 0 Å².